The van der Waals surface area contributed by atoms with Crippen molar-refractivity contribution in [3.63, 3.8) is 0 Å². The second kappa shape index (κ2) is 4.47. The van der Waals surface area contributed by atoms with Gasteiger partial charge in [0, 0.05) is 0 Å². The Balaban J connectivity index is 2.38. The van der Waals surface area contributed by atoms with E-state index in [-0.39, 0.29) is 11.5 Å². The molecule has 17 heavy (non-hydrogen) atoms. The number of phenolic OH excluding ortho intramolecular Hbond substituents is 2. The molecule has 0 aliphatic rings. The van der Waals surface area contributed by atoms with E-state index in [9.17, 15) is 10.2 Å². The van der Waals surface area contributed by atoms with Crippen molar-refractivity contribution in [2.45, 2.75) is 9.79 Å². The van der Waals surface area contributed by atoms with Crippen molar-refractivity contribution >= 4 is 23.1 Å². The molecule has 0 heterocycles. The van der Waals surface area contributed by atoms with Crippen molar-refractivity contribution in [1.29, 1.82) is 0 Å². The Morgan fingerprint density at radius 3 is 1.59 bits per heavy atom. The van der Waals surface area contributed by atoms with Crippen LogP contribution in [0.2, 0.25) is 0 Å². The fourth-order valence-electron chi connectivity index (χ4n) is 1.36. The van der Waals surface area contributed by atoms with Gasteiger partial charge in [0.25, 0.3) is 0 Å². The molecule has 2 aromatic rings. The SMILES string of the molecule is Nc1cccc(Sc2cccc(N)c2O)c1O. The molecule has 0 fully saturated rings. The van der Waals surface area contributed by atoms with E-state index in [0.717, 1.165) is 0 Å². The molecule has 0 unspecified atom stereocenters. The molecular weight excluding hydrogens is 236 g/mol. The maximum atomic E-state index is 9.76. The lowest BCUT2D eigenvalue weighted by Gasteiger charge is -2.08. The van der Waals surface area contributed by atoms with Gasteiger partial charge in [-0.15, -0.1) is 0 Å². The summed E-state index contributed by atoms with van der Waals surface area (Å²) in [5, 5.41) is 19.5. The number of benzene rings is 2. The fourth-order valence-corrected chi connectivity index (χ4v) is 2.32. The molecule has 88 valence electrons. The summed E-state index contributed by atoms with van der Waals surface area (Å²) in [5.41, 5.74) is 11.8. The lowest BCUT2D eigenvalue weighted by molar-refractivity contribution is 0.462. The summed E-state index contributed by atoms with van der Waals surface area (Å²) in [6.45, 7) is 0. The predicted molar refractivity (Wildman–Crippen MR) is 69.2 cm³/mol. The molecule has 0 saturated carbocycles. The first-order valence-electron chi connectivity index (χ1n) is 4.92. The molecular formula is C12H12N2O2S. The minimum absolute atomic E-state index is 0.0133. The molecule has 4 nitrogen and oxygen atoms in total. The Morgan fingerprint density at radius 1 is 0.765 bits per heavy atom. The monoisotopic (exact) mass is 248 g/mol. The van der Waals surface area contributed by atoms with Crippen molar-refractivity contribution in [3.05, 3.63) is 36.4 Å². The van der Waals surface area contributed by atoms with Crippen molar-refractivity contribution in [2.75, 3.05) is 11.5 Å². The third kappa shape index (κ3) is 2.24. The molecule has 0 aliphatic heterocycles. The number of para-hydroxylation sites is 2. The first-order valence-corrected chi connectivity index (χ1v) is 5.74. The van der Waals surface area contributed by atoms with Crippen molar-refractivity contribution < 1.29 is 10.2 Å². The number of anilines is 2. The van der Waals surface area contributed by atoms with Crippen LogP contribution in [0.1, 0.15) is 0 Å². The Bertz CT molecular complexity index is 509. The maximum absolute atomic E-state index is 9.76. The van der Waals surface area contributed by atoms with Gasteiger partial charge in [-0.3, -0.25) is 0 Å². The number of nitrogens with two attached hydrogens (primary N) is 2. The van der Waals surface area contributed by atoms with Crippen molar-refractivity contribution in [1.82, 2.24) is 0 Å². The zero-order valence-corrected chi connectivity index (χ0v) is 9.74. The topological polar surface area (TPSA) is 92.5 Å². The van der Waals surface area contributed by atoms with Gasteiger partial charge in [-0.1, -0.05) is 23.9 Å². The van der Waals surface area contributed by atoms with E-state index >= 15 is 0 Å². The van der Waals surface area contributed by atoms with Gasteiger partial charge in [-0.25, -0.2) is 0 Å². The number of hydrogen-bond acceptors (Lipinski definition) is 5. The van der Waals surface area contributed by atoms with E-state index in [4.69, 9.17) is 11.5 Å². The second-order valence-corrected chi connectivity index (χ2v) is 4.57. The molecule has 0 saturated heterocycles. The van der Waals surface area contributed by atoms with Gasteiger partial charge >= 0.3 is 0 Å². The molecule has 0 spiro atoms. The quantitative estimate of drug-likeness (QED) is 0.484. The predicted octanol–water partition coefficient (Wildman–Crippen LogP) is 2.41. The zero-order valence-electron chi connectivity index (χ0n) is 8.92. The molecule has 6 N–H and O–H groups in total. The van der Waals surface area contributed by atoms with E-state index in [0.29, 0.717) is 21.2 Å². The smallest absolute Gasteiger partial charge is 0.152 e. The van der Waals surface area contributed by atoms with Crippen LogP contribution in [0, 0.1) is 0 Å². The molecule has 0 aromatic heterocycles. The van der Waals surface area contributed by atoms with Crippen LogP contribution in [0.15, 0.2) is 46.2 Å². The van der Waals surface area contributed by atoms with Gasteiger partial charge in [-0.05, 0) is 24.3 Å². The van der Waals surface area contributed by atoms with Crippen LogP contribution in [0.5, 0.6) is 11.5 Å². The average molecular weight is 248 g/mol. The molecule has 5 heteroatoms. The van der Waals surface area contributed by atoms with Gasteiger partial charge in [-0.2, -0.15) is 0 Å². The summed E-state index contributed by atoms with van der Waals surface area (Å²) in [6.07, 6.45) is 0. The highest BCUT2D eigenvalue weighted by Crippen LogP contribution is 2.42. The number of aromatic hydroxyl groups is 2. The highest BCUT2D eigenvalue weighted by molar-refractivity contribution is 7.99. The van der Waals surface area contributed by atoms with Crippen LogP contribution >= 0.6 is 11.8 Å². The maximum Gasteiger partial charge on any atom is 0.152 e. The third-order valence-electron chi connectivity index (χ3n) is 2.28. The second-order valence-electron chi connectivity index (χ2n) is 3.49. The van der Waals surface area contributed by atoms with Gasteiger partial charge in [0.15, 0.2) is 11.5 Å². The van der Waals surface area contributed by atoms with Gasteiger partial charge in [0.1, 0.15) is 0 Å². The minimum atomic E-state index is 0.0133. The van der Waals surface area contributed by atoms with Gasteiger partial charge in [0.05, 0.1) is 21.2 Å². The van der Waals surface area contributed by atoms with E-state index in [1.165, 1.54) is 11.8 Å². The largest absolute Gasteiger partial charge is 0.505 e. The summed E-state index contributed by atoms with van der Waals surface area (Å²) < 4.78 is 0. The lowest BCUT2D eigenvalue weighted by Crippen LogP contribution is -1.88. The van der Waals surface area contributed by atoms with Crippen LogP contribution in [-0.4, -0.2) is 10.2 Å². The van der Waals surface area contributed by atoms with Gasteiger partial charge < -0.3 is 21.7 Å². The standard InChI is InChI=1S/C12H12N2O2S/c13-7-3-1-5-9(11(7)15)17-10-6-2-4-8(14)12(10)16/h1-6,15-16H,13-14H2. The Kier molecular flexibility index (Phi) is 3.01. The third-order valence-corrected chi connectivity index (χ3v) is 3.38. The number of nitrogen functional groups attached to an aromatic ring is 2. The Labute approximate surface area is 103 Å². The molecule has 0 atom stereocenters. The molecule has 2 rings (SSSR count). The first kappa shape index (κ1) is 11.5. The summed E-state index contributed by atoms with van der Waals surface area (Å²) in [4.78, 5) is 1.15. The lowest BCUT2D eigenvalue weighted by atomic mass is 10.3. The fraction of sp³-hybridized carbons (Fsp3) is 0. The molecule has 2 aromatic carbocycles. The van der Waals surface area contributed by atoms with Crippen LogP contribution in [0.4, 0.5) is 11.4 Å². The molecule has 0 bridgehead atoms. The normalized spacial score (nSPS) is 10.4. The summed E-state index contributed by atoms with van der Waals surface area (Å²) in [5.74, 6) is 0.0265. The summed E-state index contributed by atoms with van der Waals surface area (Å²) in [7, 11) is 0. The van der Waals surface area contributed by atoms with Crippen molar-refractivity contribution in [2.24, 2.45) is 0 Å². The first-order chi connectivity index (χ1) is 8.09. The number of hydrogen-bond donors (Lipinski definition) is 4. The van der Waals surface area contributed by atoms with Crippen LogP contribution < -0.4 is 11.5 Å². The van der Waals surface area contributed by atoms with Crippen LogP contribution in [0.3, 0.4) is 0 Å². The Morgan fingerprint density at radius 2 is 1.18 bits per heavy atom. The van der Waals surface area contributed by atoms with E-state index in [1.54, 1.807) is 36.4 Å². The number of rotatable bonds is 2. The van der Waals surface area contributed by atoms with Crippen LogP contribution in [-0.2, 0) is 0 Å². The van der Waals surface area contributed by atoms with Crippen molar-refractivity contribution in [3.8, 4) is 11.5 Å². The Hall–Kier alpha value is -2.01. The zero-order chi connectivity index (χ0) is 12.4. The highest BCUT2D eigenvalue weighted by Gasteiger charge is 2.10. The number of phenols is 2. The summed E-state index contributed by atoms with van der Waals surface area (Å²) >= 11 is 1.21. The van der Waals surface area contributed by atoms with Crippen LogP contribution in [0.25, 0.3) is 0 Å². The highest BCUT2D eigenvalue weighted by atomic mass is 32.2. The minimum Gasteiger partial charge on any atom is -0.505 e. The van der Waals surface area contributed by atoms with E-state index in [1.807, 2.05) is 0 Å². The van der Waals surface area contributed by atoms with E-state index < -0.39 is 0 Å². The summed E-state index contributed by atoms with van der Waals surface area (Å²) in [6, 6.07) is 10.1. The van der Waals surface area contributed by atoms with E-state index in [2.05, 4.69) is 0 Å². The molecule has 0 aliphatic carbocycles. The average Bonchev–Trinajstić information content (AvgIpc) is 2.31. The molecule has 0 radical (unpaired) electrons. The van der Waals surface area contributed by atoms with Gasteiger partial charge in [0.2, 0.25) is 0 Å². The molecule has 0 amide bonds.